The first-order valence-corrected chi connectivity index (χ1v) is 10.9. The van der Waals surface area contributed by atoms with Gasteiger partial charge in [-0.3, -0.25) is 14.7 Å². The summed E-state index contributed by atoms with van der Waals surface area (Å²) in [5, 5.41) is 3.06. The van der Waals surface area contributed by atoms with Gasteiger partial charge in [-0.25, -0.2) is 9.18 Å². The van der Waals surface area contributed by atoms with Crippen molar-refractivity contribution < 1.29 is 23.5 Å². The Morgan fingerprint density at radius 1 is 1.30 bits per heavy atom. The lowest BCUT2D eigenvalue weighted by Gasteiger charge is -2.36. The fourth-order valence-electron chi connectivity index (χ4n) is 3.85. The van der Waals surface area contributed by atoms with E-state index in [1.165, 1.54) is 18.1 Å². The van der Waals surface area contributed by atoms with E-state index < -0.39 is 18.0 Å². The molecule has 0 radical (unpaired) electrons. The molecule has 4 rings (SSSR count). The van der Waals surface area contributed by atoms with Crippen LogP contribution in [0.4, 0.5) is 20.6 Å². The standard InChI is InChI=1S/C22H24FN5O4S/c1-31-21(33)25-13-17-14-28(22(30)32-17)16-4-5-19(18(23)11-16)26-7-9-27(10-8-26)20(29)15-3-2-6-24-12-15/h2-6,11-12,17H,7-10,13-14H2,1H3,(H,25,33)/t17-/m0/s1. The third-order valence-corrected chi connectivity index (χ3v) is 5.90. The summed E-state index contributed by atoms with van der Waals surface area (Å²) in [5.41, 5.74) is 1.39. The SMILES string of the molecule is COC(=S)NC[C@H]1CN(c2ccc(N3CCN(C(=O)c4cccnc4)CC3)c(F)c2)C(=O)O1. The Kier molecular flexibility index (Phi) is 6.87. The highest BCUT2D eigenvalue weighted by Gasteiger charge is 2.33. The fraction of sp³-hybridized carbons (Fsp3) is 0.364. The Morgan fingerprint density at radius 3 is 2.76 bits per heavy atom. The molecular weight excluding hydrogens is 449 g/mol. The molecule has 174 valence electrons. The van der Waals surface area contributed by atoms with Crippen LogP contribution in [0.5, 0.6) is 0 Å². The third kappa shape index (κ3) is 5.14. The molecule has 0 aliphatic carbocycles. The second-order valence-corrected chi connectivity index (χ2v) is 8.02. The van der Waals surface area contributed by atoms with Crippen molar-refractivity contribution in [2.45, 2.75) is 6.10 Å². The van der Waals surface area contributed by atoms with Crippen molar-refractivity contribution in [3.63, 3.8) is 0 Å². The third-order valence-electron chi connectivity index (χ3n) is 5.59. The Labute approximate surface area is 196 Å². The Morgan fingerprint density at radius 2 is 2.09 bits per heavy atom. The van der Waals surface area contributed by atoms with Crippen LogP contribution in [-0.4, -0.2) is 79.5 Å². The number of halogens is 1. The summed E-state index contributed by atoms with van der Waals surface area (Å²) in [7, 11) is 1.45. The zero-order valence-corrected chi connectivity index (χ0v) is 18.9. The number of amides is 2. The number of cyclic esters (lactones) is 1. The smallest absolute Gasteiger partial charge is 0.414 e. The number of thiocarbonyl (C=S) groups is 1. The minimum absolute atomic E-state index is 0.0820. The lowest BCUT2D eigenvalue weighted by molar-refractivity contribution is 0.0746. The number of ether oxygens (including phenoxy) is 2. The first-order valence-electron chi connectivity index (χ1n) is 10.5. The fourth-order valence-corrected chi connectivity index (χ4v) is 3.93. The number of piperazine rings is 1. The molecule has 1 aromatic carbocycles. The van der Waals surface area contributed by atoms with Gasteiger partial charge in [0.1, 0.15) is 11.9 Å². The van der Waals surface area contributed by atoms with Crippen molar-refractivity contribution in [2.75, 3.05) is 56.2 Å². The minimum atomic E-state index is -0.542. The van der Waals surface area contributed by atoms with Crippen molar-refractivity contribution >= 4 is 40.8 Å². The number of rotatable bonds is 5. The molecule has 2 aliphatic heterocycles. The number of aromatic nitrogens is 1. The van der Waals surface area contributed by atoms with Gasteiger partial charge in [0, 0.05) is 38.6 Å². The molecule has 11 heteroatoms. The molecule has 0 spiro atoms. The Balaban J connectivity index is 1.36. The highest BCUT2D eigenvalue weighted by molar-refractivity contribution is 7.80. The predicted octanol–water partition coefficient (Wildman–Crippen LogP) is 2.03. The maximum Gasteiger partial charge on any atom is 0.414 e. The van der Waals surface area contributed by atoms with Crippen LogP contribution in [-0.2, 0) is 9.47 Å². The van der Waals surface area contributed by atoms with Gasteiger partial charge in [-0.2, -0.15) is 0 Å². The topological polar surface area (TPSA) is 87.2 Å². The van der Waals surface area contributed by atoms with Crippen LogP contribution in [0.1, 0.15) is 10.4 Å². The largest absolute Gasteiger partial charge is 0.474 e. The molecule has 1 atom stereocenters. The molecule has 2 fully saturated rings. The molecule has 2 aromatic rings. The zero-order valence-electron chi connectivity index (χ0n) is 18.1. The van der Waals surface area contributed by atoms with E-state index in [2.05, 4.69) is 10.3 Å². The predicted molar refractivity (Wildman–Crippen MR) is 124 cm³/mol. The van der Waals surface area contributed by atoms with Crippen molar-refractivity contribution in [1.82, 2.24) is 15.2 Å². The summed E-state index contributed by atoms with van der Waals surface area (Å²) in [6.07, 6.45) is 2.19. The van der Waals surface area contributed by atoms with Gasteiger partial charge < -0.3 is 24.6 Å². The average molecular weight is 474 g/mol. The van der Waals surface area contributed by atoms with Crippen LogP contribution >= 0.6 is 12.2 Å². The van der Waals surface area contributed by atoms with E-state index in [0.29, 0.717) is 49.7 Å². The van der Waals surface area contributed by atoms with Gasteiger partial charge in [-0.05, 0) is 42.5 Å². The summed E-state index contributed by atoms with van der Waals surface area (Å²) in [5.74, 6) is -0.518. The highest BCUT2D eigenvalue weighted by atomic mass is 32.1. The zero-order chi connectivity index (χ0) is 23.4. The van der Waals surface area contributed by atoms with E-state index in [1.807, 2.05) is 4.90 Å². The second-order valence-electron chi connectivity index (χ2n) is 7.65. The number of benzene rings is 1. The first-order chi connectivity index (χ1) is 16.0. The molecule has 3 heterocycles. The molecule has 0 bridgehead atoms. The Hall–Kier alpha value is -3.47. The van der Waals surface area contributed by atoms with E-state index in [-0.39, 0.29) is 17.6 Å². The molecule has 1 N–H and O–H groups in total. The summed E-state index contributed by atoms with van der Waals surface area (Å²) >= 11 is 4.92. The molecule has 9 nitrogen and oxygen atoms in total. The first kappa shape index (κ1) is 22.7. The van der Waals surface area contributed by atoms with E-state index >= 15 is 0 Å². The molecule has 2 amide bonds. The van der Waals surface area contributed by atoms with Gasteiger partial charge in [0.15, 0.2) is 0 Å². The summed E-state index contributed by atoms with van der Waals surface area (Å²) < 4.78 is 25.2. The lowest BCUT2D eigenvalue weighted by atomic mass is 10.2. The monoisotopic (exact) mass is 473 g/mol. The van der Waals surface area contributed by atoms with Crippen molar-refractivity contribution in [2.24, 2.45) is 0 Å². The molecule has 33 heavy (non-hydrogen) atoms. The summed E-state index contributed by atoms with van der Waals surface area (Å²) in [4.78, 5) is 33.8. The van der Waals surface area contributed by atoms with Crippen LogP contribution in [0, 0.1) is 5.82 Å². The average Bonchev–Trinajstić information content (AvgIpc) is 3.23. The van der Waals surface area contributed by atoms with Crippen LogP contribution in [0.15, 0.2) is 42.7 Å². The number of hydrogen-bond donors (Lipinski definition) is 1. The minimum Gasteiger partial charge on any atom is -0.474 e. The highest BCUT2D eigenvalue weighted by Crippen LogP contribution is 2.28. The van der Waals surface area contributed by atoms with Gasteiger partial charge in [0.05, 0.1) is 37.1 Å². The number of nitrogens with zero attached hydrogens (tertiary/aromatic N) is 4. The maximum atomic E-state index is 15.0. The molecule has 0 saturated carbocycles. The van der Waals surface area contributed by atoms with Crippen molar-refractivity contribution in [3.05, 3.63) is 54.1 Å². The molecular formula is C22H24FN5O4S. The molecule has 1 aromatic heterocycles. The molecule has 0 unspecified atom stereocenters. The number of nitrogens with one attached hydrogen (secondary N) is 1. The van der Waals surface area contributed by atoms with Crippen molar-refractivity contribution in [3.8, 4) is 0 Å². The number of hydrogen-bond acceptors (Lipinski definition) is 7. The van der Waals surface area contributed by atoms with Gasteiger partial charge in [-0.15, -0.1) is 0 Å². The van der Waals surface area contributed by atoms with E-state index in [0.717, 1.165) is 0 Å². The quantitative estimate of drug-likeness (QED) is 0.661. The van der Waals surface area contributed by atoms with E-state index in [1.54, 1.807) is 41.6 Å². The summed E-state index contributed by atoms with van der Waals surface area (Å²) in [6, 6.07) is 8.14. The van der Waals surface area contributed by atoms with Gasteiger partial charge in [-0.1, -0.05) is 0 Å². The number of carbonyl (C=O) groups is 2. The lowest BCUT2D eigenvalue weighted by Crippen LogP contribution is -2.49. The van der Waals surface area contributed by atoms with E-state index in [9.17, 15) is 14.0 Å². The van der Waals surface area contributed by atoms with Crippen molar-refractivity contribution in [1.29, 1.82) is 0 Å². The maximum absolute atomic E-state index is 15.0. The number of methoxy groups -OCH3 is 1. The van der Waals surface area contributed by atoms with Crippen LogP contribution in [0.2, 0.25) is 0 Å². The van der Waals surface area contributed by atoms with Crippen LogP contribution in [0.3, 0.4) is 0 Å². The van der Waals surface area contributed by atoms with Crippen LogP contribution in [0.25, 0.3) is 0 Å². The summed E-state index contributed by atoms with van der Waals surface area (Å²) in [6.45, 7) is 2.53. The number of carbonyl (C=O) groups excluding carboxylic acids is 2. The van der Waals surface area contributed by atoms with Crippen LogP contribution < -0.4 is 15.1 Å². The van der Waals surface area contributed by atoms with E-state index in [4.69, 9.17) is 21.7 Å². The molecule has 2 aliphatic rings. The number of pyridine rings is 1. The van der Waals surface area contributed by atoms with Gasteiger partial charge in [0.2, 0.25) is 0 Å². The van der Waals surface area contributed by atoms with Gasteiger partial charge in [0.25, 0.3) is 11.1 Å². The normalized spacial score (nSPS) is 18.2. The Bertz CT molecular complexity index is 1030. The number of anilines is 2. The van der Waals surface area contributed by atoms with Gasteiger partial charge >= 0.3 is 6.09 Å². The molecule has 2 saturated heterocycles. The second kappa shape index (κ2) is 9.99.